The van der Waals surface area contributed by atoms with E-state index in [4.69, 9.17) is 33.7 Å². The largest absolute Gasteiger partial charge is 0.460 e. The number of alkyl halides is 2. The van der Waals surface area contributed by atoms with E-state index >= 15 is 0 Å². The second kappa shape index (κ2) is 14.0. The van der Waals surface area contributed by atoms with Gasteiger partial charge in [-0.05, 0) is 34.3 Å². The second-order valence-electron chi connectivity index (χ2n) is 16.5. The Bertz CT molecular complexity index is 1520. The molecule has 1 saturated heterocycles. The molecule has 274 valence electrons. The van der Waals surface area contributed by atoms with E-state index in [-0.39, 0.29) is 25.0 Å². The fourth-order valence-corrected chi connectivity index (χ4v) is 8.26. The summed E-state index contributed by atoms with van der Waals surface area (Å²) in [5.74, 6) is -4.76. The zero-order chi connectivity index (χ0) is 36.9. The Morgan fingerprint density at radius 1 is 0.920 bits per heavy atom. The lowest BCUT2D eigenvalue weighted by Gasteiger charge is -2.38. The van der Waals surface area contributed by atoms with Crippen LogP contribution >= 0.6 is 23.2 Å². The number of ketones is 1. The van der Waals surface area contributed by atoms with Crippen molar-refractivity contribution in [3.63, 3.8) is 0 Å². The normalized spacial score (nSPS) is 24.5. The third-order valence-corrected chi connectivity index (χ3v) is 11.7. The number of urea groups is 1. The van der Waals surface area contributed by atoms with E-state index in [1.54, 1.807) is 41.5 Å². The van der Waals surface area contributed by atoms with Gasteiger partial charge in [0.15, 0.2) is 0 Å². The van der Waals surface area contributed by atoms with Gasteiger partial charge < -0.3 is 31.3 Å². The van der Waals surface area contributed by atoms with Crippen LogP contribution in [0.5, 0.6) is 0 Å². The third kappa shape index (κ3) is 7.91. The molecule has 0 bridgehead atoms. The van der Waals surface area contributed by atoms with E-state index < -0.39 is 86.7 Å². The highest BCUT2D eigenvalue weighted by atomic mass is 35.5. The molecule has 1 unspecified atom stereocenters. The number of amides is 5. The lowest BCUT2D eigenvalue weighted by Crippen LogP contribution is -2.63. The summed E-state index contributed by atoms with van der Waals surface area (Å²) < 4.78 is 4.61. The van der Waals surface area contributed by atoms with Crippen LogP contribution in [0.2, 0.25) is 0 Å². The summed E-state index contributed by atoms with van der Waals surface area (Å²) in [7, 11) is 0. The Kier molecular flexibility index (Phi) is 10.6. The van der Waals surface area contributed by atoms with Gasteiger partial charge in [-0.1, -0.05) is 85.1 Å². The average molecular weight is 735 g/mol. The number of Topliss-reactive ketones (excluding diaryl/α,β-unsaturated/α-hetero) is 1. The SMILES string of the molecule is CC(C)(C)[C@@H](NC(=O)N[C@@H](C(=O)N1C[C@H]2[C@@H]([C@H]1C(=O)NC(CC1CCC1)C(=O)C(N)=O)C2(Cl)Cl)C(C)(C)C)C(=O)OC1Cc2ccccc2C1. The first-order valence-corrected chi connectivity index (χ1v) is 18.1. The van der Waals surface area contributed by atoms with Crippen molar-refractivity contribution in [2.24, 2.45) is 34.3 Å². The Balaban J connectivity index is 1.30. The number of nitrogens with one attached hydrogen (secondary N) is 3. The molecule has 50 heavy (non-hydrogen) atoms. The summed E-state index contributed by atoms with van der Waals surface area (Å²) in [4.78, 5) is 81.2. The van der Waals surface area contributed by atoms with Gasteiger partial charge in [-0.2, -0.15) is 0 Å². The van der Waals surface area contributed by atoms with Crippen LogP contribution in [0.25, 0.3) is 0 Å². The molecule has 1 aliphatic heterocycles. The van der Waals surface area contributed by atoms with Crippen LogP contribution < -0.4 is 21.7 Å². The second-order valence-corrected chi connectivity index (χ2v) is 18.0. The van der Waals surface area contributed by atoms with E-state index in [2.05, 4.69) is 16.0 Å². The molecule has 5 rings (SSSR count). The highest BCUT2D eigenvalue weighted by Crippen LogP contribution is 2.65. The first-order valence-electron chi connectivity index (χ1n) is 17.4. The molecule has 1 aromatic carbocycles. The zero-order valence-electron chi connectivity index (χ0n) is 29.5. The zero-order valence-corrected chi connectivity index (χ0v) is 31.0. The predicted molar refractivity (Wildman–Crippen MR) is 187 cm³/mol. The molecule has 14 heteroatoms. The van der Waals surface area contributed by atoms with Gasteiger partial charge in [0.1, 0.15) is 28.6 Å². The molecular weight excluding hydrogens is 685 g/mol. The van der Waals surface area contributed by atoms with Gasteiger partial charge in [-0.25, -0.2) is 9.59 Å². The van der Waals surface area contributed by atoms with Gasteiger partial charge in [0.2, 0.25) is 17.6 Å². The molecule has 0 aromatic heterocycles. The maximum absolute atomic E-state index is 14.3. The van der Waals surface area contributed by atoms with Gasteiger partial charge in [0, 0.05) is 31.2 Å². The molecule has 2 saturated carbocycles. The monoisotopic (exact) mass is 733 g/mol. The quantitative estimate of drug-likeness (QED) is 0.153. The summed E-state index contributed by atoms with van der Waals surface area (Å²) in [5, 5.41) is 8.18. The number of piperidine rings is 1. The number of carbonyl (C=O) groups is 6. The Morgan fingerprint density at radius 2 is 1.48 bits per heavy atom. The van der Waals surface area contributed by atoms with Gasteiger partial charge in [-0.15, -0.1) is 23.2 Å². The van der Waals surface area contributed by atoms with E-state index in [9.17, 15) is 28.8 Å². The number of ether oxygens (including phenoxy) is 1. The molecule has 4 aliphatic rings. The Morgan fingerprint density at radius 3 is 1.98 bits per heavy atom. The molecule has 0 spiro atoms. The summed E-state index contributed by atoms with van der Waals surface area (Å²) >= 11 is 13.1. The van der Waals surface area contributed by atoms with E-state index in [0.29, 0.717) is 12.8 Å². The van der Waals surface area contributed by atoms with Gasteiger partial charge in [0.25, 0.3) is 5.91 Å². The van der Waals surface area contributed by atoms with Crippen molar-refractivity contribution in [3.05, 3.63) is 35.4 Å². The molecule has 5 N–H and O–H groups in total. The van der Waals surface area contributed by atoms with Crippen LogP contribution in [-0.2, 0) is 41.6 Å². The molecule has 1 heterocycles. The van der Waals surface area contributed by atoms with Crippen LogP contribution in [0.3, 0.4) is 0 Å². The Labute approximate surface area is 303 Å². The maximum Gasteiger partial charge on any atom is 0.329 e. The number of halogens is 2. The first kappa shape index (κ1) is 37.9. The topological polar surface area (TPSA) is 177 Å². The number of rotatable bonds is 11. The highest BCUT2D eigenvalue weighted by Gasteiger charge is 2.74. The number of esters is 1. The maximum atomic E-state index is 14.3. The van der Waals surface area contributed by atoms with Crippen molar-refractivity contribution in [2.45, 2.75) is 115 Å². The minimum absolute atomic E-state index is 0.0439. The summed E-state index contributed by atoms with van der Waals surface area (Å²) in [6.07, 6.45) is 3.80. The van der Waals surface area contributed by atoms with E-state index in [1.807, 2.05) is 24.3 Å². The number of benzene rings is 1. The molecule has 12 nitrogen and oxygen atoms in total. The summed E-state index contributed by atoms with van der Waals surface area (Å²) in [6, 6.07) is 2.66. The number of hydrogen-bond donors (Lipinski definition) is 4. The van der Waals surface area contributed by atoms with E-state index in [1.165, 1.54) is 4.90 Å². The fourth-order valence-electron chi connectivity index (χ4n) is 7.44. The fraction of sp³-hybridized carbons (Fsp3) is 0.667. The van der Waals surface area contributed by atoms with Crippen molar-refractivity contribution >= 4 is 58.7 Å². The molecular formula is C36H49Cl2N5O7. The van der Waals surface area contributed by atoms with Gasteiger partial charge >= 0.3 is 12.0 Å². The number of carbonyl (C=O) groups excluding carboxylic acids is 6. The van der Waals surface area contributed by atoms with Crippen LogP contribution in [0.15, 0.2) is 24.3 Å². The van der Waals surface area contributed by atoms with Crippen molar-refractivity contribution in [3.8, 4) is 0 Å². The van der Waals surface area contributed by atoms with Crippen molar-refractivity contribution in [1.82, 2.24) is 20.9 Å². The van der Waals surface area contributed by atoms with Crippen LogP contribution in [0.1, 0.15) is 78.4 Å². The van der Waals surface area contributed by atoms with Gasteiger partial charge in [0.05, 0.1) is 6.04 Å². The number of nitrogens with two attached hydrogens (primary N) is 1. The van der Waals surface area contributed by atoms with Crippen molar-refractivity contribution in [1.29, 1.82) is 0 Å². The molecule has 1 aromatic rings. The van der Waals surface area contributed by atoms with Crippen LogP contribution in [0, 0.1) is 28.6 Å². The lowest BCUT2D eigenvalue weighted by atomic mass is 9.80. The minimum Gasteiger partial charge on any atom is -0.460 e. The van der Waals surface area contributed by atoms with Crippen molar-refractivity contribution in [2.75, 3.05) is 6.54 Å². The number of nitrogens with zero attached hydrogens (tertiary/aromatic N) is 1. The molecule has 5 amide bonds. The van der Waals surface area contributed by atoms with Crippen LogP contribution in [-0.4, -0.2) is 81.6 Å². The first-order chi connectivity index (χ1) is 23.2. The number of fused-ring (bicyclic) bond motifs is 2. The predicted octanol–water partition coefficient (Wildman–Crippen LogP) is 3.19. The third-order valence-electron chi connectivity index (χ3n) is 10.6. The highest BCUT2D eigenvalue weighted by molar-refractivity contribution is 6.51. The lowest BCUT2D eigenvalue weighted by molar-refractivity contribution is -0.153. The van der Waals surface area contributed by atoms with Gasteiger partial charge in [-0.3, -0.25) is 19.2 Å². The van der Waals surface area contributed by atoms with E-state index in [0.717, 1.165) is 30.4 Å². The number of likely N-dealkylation sites (tertiary alicyclic amines) is 1. The molecule has 6 atom stereocenters. The number of primary amides is 1. The summed E-state index contributed by atoms with van der Waals surface area (Å²) in [6.45, 7) is 10.8. The molecule has 3 aliphatic carbocycles. The Hall–Kier alpha value is -3.38. The average Bonchev–Trinajstić information content (AvgIpc) is 3.34. The van der Waals surface area contributed by atoms with Crippen molar-refractivity contribution < 1.29 is 33.5 Å². The minimum atomic E-state index is -1.26. The standard InChI is InChI=1S/C36H49Cl2N5O7/c1-34(2,3)27(41-33(49)42-28(35(4,5)6)32(48)50-21-15-19-12-7-8-13-20(19)16-21)31(47)43-17-22-24(36(22,37)38)25(43)30(46)40-23(26(44)29(39)45)14-18-10-9-11-18/h7-8,12-13,18,21-25,27-28H,9-11,14-17H2,1-6H3,(H2,39,45)(H,40,46)(H2,41,42,49)/t22-,23?,24-,25-,27-,28-/m0/s1. The molecule has 0 radical (unpaired) electrons. The smallest absolute Gasteiger partial charge is 0.329 e. The summed E-state index contributed by atoms with van der Waals surface area (Å²) in [5.41, 5.74) is 5.97. The number of hydrogen-bond acceptors (Lipinski definition) is 7. The van der Waals surface area contributed by atoms with Crippen LogP contribution in [0.4, 0.5) is 4.79 Å². The molecule has 3 fully saturated rings.